The lowest BCUT2D eigenvalue weighted by molar-refractivity contribution is 0.0870. The maximum Gasteiger partial charge on any atom is 0.243 e. The van der Waals surface area contributed by atoms with Gasteiger partial charge >= 0.3 is 0 Å². The molecule has 6 nitrogen and oxygen atoms in total. The minimum Gasteiger partial charge on any atom is -0.351 e. The first-order valence-corrected chi connectivity index (χ1v) is 9.79. The third-order valence-electron chi connectivity index (χ3n) is 4.92. The highest BCUT2D eigenvalue weighted by Gasteiger charge is 2.51. The zero-order valence-corrected chi connectivity index (χ0v) is 14.7. The normalized spacial score (nSPS) is 23.4. The fourth-order valence-corrected chi connectivity index (χ4v) is 5.55. The summed E-state index contributed by atoms with van der Waals surface area (Å²) in [6.07, 6.45) is 2.67. The number of rotatable bonds is 4. The van der Waals surface area contributed by atoms with E-state index in [-0.39, 0.29) is 17.9 Å². The van der Waals surface area contributed by atoms with E-state index in [2.05, 4.69) is 9.97 Å². The number of aryl methyl sites for hydroxylation is 1. The third-order valence-corrected chi connectivity index (χ3v) is 6.94. The van der Waals surface area contributed by atoms with Crippen molar-refractivity contribution in [3.05, 3.63) is 48.2 Å². The van der Waals surface area contributed by atoms with Crippen molar-refractivity contribution in [2.45, 2.75) is 36.7 Å². The van der Waals surface area contributed by atoms with Gasteiger partial charge in [0.2, 0.25) is 10.0 Å². The molecule has 3 saturated heterocycles. The molecule has 0 radical (unpaired) electrons. The second-order valence-corrected chi connectivity index (χ2v) is 8.25. The maximum absolute atomic E-state index is 14.5. The molecule has 25 heavy (non-hydrogen) atoms. The molecular weight excluding hydrogens is 343 g/mol. The Balaban J connectivity index is 1.58. The first-order chi connectivity index (χ1) is 12.0. The summed E-state index contributed by atoms with van der Waals surface area (Å²) in [6, 6.07) is 8.15. The number of aromatic nitrogens is 2. The Morgan fingerprint density at radius 2 is 1.84 bits per heavy atom. The van der Waals surface area contributed by atoms with Crippen LogP contribution in [0, 0.1) is 5.82 Å². The summed E-state index contributed by atoms with van der Waals surface area (Å²) in [7, 11) is -3.51. The zero-order chi connectivity index (χ0) is 17.6. The van der Waals surface area contributed by atoms with E-state index in [0.717, 1.165) is 6.42 Å². The van der Waals surface area contributed by atoms with Crippen LogP contribution < -0.4 is 4.90 Å². The predicted molar refractivity (Wildman–Crippen MR) is 91.2 cm³/mol. The fraction of sp³-hybridized carbons (Fsp3) is 0.412. The van der Waals surface area contributed by atoms with Crippen molar-refractivity contribution in [2.75, 3.05) is 18.0 Å². The number of piperidine rings is 1. The van der Waals surface area contributed by atoms with Crippen LogP contribution in [0.15, 0.2) is 41.6 Å². The monoisotopic (exact) mass is 362 g/mol. The molecule has 2 bridgehead atoms. The minimum atomic E-state index is -3.51. The molecule has 0 aliphatic carbocycles. The van der Waals surface area contributed by atoms with Gasteiger partial charge in [-0.25, -0.2) is 22.8 Å². The van der Waals surface area contributed by atoms with Gasteiger partial charge in [-0.3, -0.25) is 0 Å². The molecule has 1 aromatic carbocycles. The van der Waals surface area contributed by atoms with Crippen LogP contribution in [0.2, 0.25) is 0 Å². The molecule has 2 atom stereocenters. The molecule has 3 aliphatic rings. The molecule has 5 rings (SSSR count). The van der Waals surface area contributed by atoms with Gasteiger partial charge in [0.15, 0.2) is 11.6 Å². The third kappa shape index (κ3) is 2.60. The summed E-state index contributed by atoms with van der Waals surface area (Å²) in [5.74, 6) is -0.123. The lowest BCUT2D eigenvalue weighted by Crippen LogP contribution is -2.70. The van der Waals surface area contributed by atoms with Gasteiger partial charge in [-0.2, -0.15) is 4.31 Å². The number of fused-ring (bicyclic) bond motifs is 2. The maximum atomic E-state index is 14.5. The molecule has 4 heterocycles. The SMILES string of the molecule is CCc1ncnc(N2CC3CC(C2)N3S(=O)(=O)c2ccccc2)c1F. The number of nitrogens with zero attached hydrogens (tertiary/aromatic N) is 4. The molecule has 0 N–H and O–H groups in total. The van der Waals surface area contributed by atoms with Crippen molar-refractivity contribution in [3.63, 3.8) is 0 Å². The summed E-state index contributed by atoms with van der Waals surface area (Å²) in [5.41, 5.74) is 0.387. The van der Waals surface area contributed by atoms with Crippen LogP contribution in [-0.4, -0.2) is 47.9 Å². The number of hydrogen-bond donors (Lipinski definition) is 0. The van der Waals surface area contributed by atoms with Crippen LogP contribution in [0.25, 0.3) is 0 Å². The van der Waals surface area contributed by atoms with Crippen molar-refractivity contribution in [1.82, 2.24) is 14.3 Å². The van der Waals surface area contributed by atoms with Crippen LogP contribution in [-0.2, 0) is 16.4 Å². The van der Waals surface area contributed by atoms with E-state index in [0.29, 0.717) is 30.1 Å². The van der Waals surface area contributed by atoms with E-state index in [1.54, 1.807) is 34.6 Å². The summed E-state index contributed by atoms with van der Waals surface area (Å²) < 4.78 is 41.8. The lowest BCUT2D eigenvalue weighted by Gasteiger charge is -2.55. The molecular formula is C17H19FN4O2S. The van der Waals surface area contributed by atoms with Crippen molar-refractivity contribution in [1.29, 1.82) is 0 Å². The topological polar surface area (TPSA) is 66.4 Å². The number of halogens is 1. The van der Waals surface area contributed by atoms with E-state index in [1.807, 2.05) is 11.8 Å². The van der Waals surface area contributed by atoms with Crippen LogP contribution in [0.4, 0.5) is 10.2 Å². The van der Waals surface area contributed by atoms with Gasteiger partial charge in [-0.1, -0.05) is 25.1 Å². The Morgan fingerprint density at radius 1 is 1.16 bits per heavy atom. The van der Waals surface area contributed by atoms with Gasteiger partial charge < -0.3 is 4.90 Å². The first kappa shape index (κ1) is 16.4. The highest BCUT2D eigenvalue weighted by atomic mass is 32.2. The first-order valence-electron chi connectivity index (χ1n) is 8.35. The largest absolute Gasteiger partial charge is 0.351 e. The molecule has 3 aliphatic heterocycles. The van der Waals surface area contributed by atoms with Crippen LogP contribution >= 0.6 is 0 Å². The second kappa shape index (κ2) is 6.03. The van der Waals surface area contributed by atoms with Crippen molar-refractivity contribution < 1.29 is 12.8 Å². The number of hydrogen-bond acceptors (Lipinski definition) is 5. The van der Waals surface area contributed by atoms with Crippen LogP contribution in [0.3, 0.4) is 0 Å². The molecule has 3 fully saturated rings. The molecule has 1 aromatic heterocycles. The van der Waals surface area contributed by atoms with Gasteiger partial charge in [-0.15, -0.1) is 0 Å². The van der Waals surface area contributed by atoms with E-state index in [1.165, 1.54) is 6.33 Å². The number of benzene rings is 1. The Hall–Kier alpha value is -2.06. The van der Waals surface area contributed by atoms with E-state index < -0.39 is 15.8 Å². The van der Waals surface area contributed by atoms with Crippen molar-refractivity contribution >= 4 is 15.8 Å². The number of anilines is 1. The van der Waals surface area contributed by atoms with Crippen molar-refractivity contribution in [3.8, 4) is 0 Å². The van der Waals surface area contributed by atoms with E-state index >= 15 is 0 Å². The average Bonchev–Trinajstić information content (AvgIpc) is 2.62. The molecule has 2 aromatic rings. The standard InChI is InChI=1S/C17H19FN4O2S/c1-2-15-16(18)17(20-11-19-15)21-9-12-8-13(10-21)22(12)25(23,24)14-6-4-3-5-7-14/h3-7,11-13H,2,8-10H2,1H3. The Kier molecular flexibility index (Phi) is 3.96. The number of sulfonamides is 1. The van der Waals surface area contributed by atoms with Crippen molar-refractivity contribution in [2.24, 2.45) is 0 Å². The zero-order valence-electron chi connectivity index (χ0n) is 13.8. The second-order valence-electron chi connectivity index (χ2n) is 6.41. The smallest absolute Gasteiger partial charge is 0.243 e. The van der Waals surface area contributed by atoms with Gasteiger partial charge in [0.05, 0.1) is 10.6 Å². The quantitative estimate of drug-likeness (QED) is 0.830. The highest BCUT2D eigenvalue weighted by molar-refractivity contribution is 7.89. The molecule has 8 heteroatoms. The summed E-state index contributed by atoms with van der Waals surface area (Å²) in [5, 5.41) is 0. The molecule has 0 saturated carbocycles. The summed E-state index contributed by atoms with van der Waals surface area (Å²) in [4.78, 5) is 10.2. The highest BCUT2D eigenvalue weighted by Crippen LogP contribution is 2.39. The molecule has 132 valence electrons. The fourth-order valence-electron chi connectivity index (χ4n) is 3.72. The average molecular weight is 362 g/mol. The Labute approximate surface area is 146 Å². The van der Waals surface area contributed by atoms with Gasteiger partial charge in [0.1, 0.15) is 6.33 Å². The van der Waals surface area contributed by atoms with Gasteiger partial charge in [-0.05, 0) is 25.0 Å². The molecule has 0 spiro atoms. The molecule has 2 unspecified atom stereocenters. The number of piperazine rings is 1. The Morgan fingerprint density at radius 3 is 2.48 bits per heavy atom. The van der Waals surface area contributed by atoms with Crippen LogP contribution in [0.5, 0.6) is 0 Å². The molecule has 0 amide bonds. The van der Waals surface area contributed by atoms with Gasteiger partial charge in [0, 0.05) is 25.2 Å². The minimum absolute atomic E-state index is 0.150. The van der Waals surface area contributed by atoms with E-state index in [9.17, 15) is 12.8 Å². The summed E-state index contributed by atoms with van der Waals surface area (Å²) in [6.45, 7) is 2.73. The van der Waals surface area contributed by atoms with Gasteiger partial charge in [0.25, 0.3) is 0 Å². The predicted octanol–water partition coefficient (Wildman–Crippen LogP) is 1.83. The van der Waals surface area contributed by atoms with Crippen LogP contribution in [0.1, 0.15) is 19.0 Å². The summed E-state index contributed by atoms with van der Waals surface area (Å²) >= 11 is 0. The Bertz CT molecular complexity index is 879. The lowest BCUT2D eigenvalue weighted by atomic mass is 9.91. The van der Waals surface area contributed by atoms with E-state index in [4.69, 9.17) is 0 Å².